The second kappa shape index (κ2) is 14.1. The number of fused-ring (bicyclic) bond motifs is 1. The first-order valence-electron chi connectivity index (χ1n) is 17.7. The van der Waals surface area contributed by atoms with Crippen LogP contribution in [0.4, 0.5) is 0 Å². The van der Waals surface area contributed by atoms with Gasteiger partial charge in [0, 0.05) is 48.4 Å². The summed E-state index contributed by atoms with van der Waals surface area (Å²) in [6, 6.07) is 24.1. The van der Waals surface area contributed by atoms with Crippen LogP contribution in [-0.4, -0.2) is 16.1 Å². The quantitative estimate of drug-likeness (QED) is 0.109. The van der Waals surface area contributed by atoms with Crippen molar-refractivity contribution in [2.75, 3.05) is 0 Å². The Labute approximate surface area is 316 Å². The van der Waals surface area contributed by atoms with Gasteiger partial charge in [-0.2, -0.15) is 0 Å². The molecule has 0 fully saturated rings. The summed E-state index contributed by atoms with van der Waals surface area (Å²) < 4.78 is 6.19. The normalized spacial score (nSPS) is 13.3. The molecule has 8 heteroatoms. The second-order valence-electron chi connectivity index (χ2n) is 15.4. The second-order valence-corrected chi connectivity index (χ2v) is 34.4. The van der Waals surface area contributed by atoms with Gasteiger partial charge in [-0.25, -0.2) is 0 Å². The topological polar surface area (TPSA) is 0 Å². The largest absolute Gasteiger partial charge is 0.144 e. The van der Waals surface area contributed by atoms with Crippen LogP contribution in [0.2, 0.25) is 33.2 Å². The molecule has 0 unspecified atom stereocenters. The summed E-state index contributed by atoms with van der Waals surface area (Å²) in [5.74, 6) is 0. The molecule has 6 aromatic heterocycles. The molecular weight excluding hydrogens is 729 g/mol. The molecular formula is C40H52S6Si2. The summed E-state index contributed by atoms with van der Waals surface area (Å²) in [6.07, 6.45) is 0. The highest BCUT2D eigenvalue weighted by atomic mass is 32.1. The van der Waals surface area contributed by atoms with Crippen molar-refractivity contribution >= 4 is 103 Å². The minimum atomic E-state index is -1.63. The van der Waals surface area contributed by atoms with Gasteiger partial charge >= 0.3 is 0 Å². The first-order chi connectivity index (χ1) is 22.7. The maximum Gasteiger partial charge on any atom is 0.107 e. The molecule has 256 valence electrons. The third kappa shape index (κ3) is 6.12. The standard InChI is InChI=1S/C40H52S6Si2/c1-23(2)47(24(3)4,25(5)6)39-19-17-31(45-39)29-13-15-33(41-29)35-21-37-38(43-35)22-36(44-37)34-16-14-30(42-34)32-18-20-40(46-32)48(26(7)8,27(9)10)28(11)12/h13-28H,1-12H3. The lowest BCUT2D eigenvalue weighted by molar-refractivity contribution is 0.837. The lowest BCUT2D eigenvalue weighted by atomic mass is 10.3. The summed E-state index contributed by atoms with van der Waals surface area (Å²) >= 11 is 12.0. The van der Waals surface area contributed by atoms with E-state index in [0.29, 0.717) is 0 Å². The van der Waals surface area contributed by atoms with E-state index in [1.165, 1.54) is 48.4 Å². The molecule has 0 N–H and O–H groups in total. The van der Waals surface area contributed by atoms with Crippen LogP contribution in [0.25, 0.3) is 48.4 Å². The van der Waals surface area contributed by atoms with Crippen molar-refractivity contribution in [3.63, 3.8) is 0 Å². The Hall–Kier alpha value is -1.11. The molecule has 0 nitrogen and oxygen atoms in total. The van der Waals surface area contributed by atoms with Crippen LogP contribution in [0.1, 0.15) is 83.1 Å². The van der Waals surface area contributed by atoms with Crippen molar-refractivity contribution in [1.82, 2.24) is 0 Å². The Kier molecular flexibility index (Phi) is 10.8. The van der Waals surface area contributed by atoms with Gasteiger partial charge in [-0.15, -0.1) is 68.0 Å². The van der Waals surface area contributed by atoms with E-state index in [1.54, 1.807) is 9.00 Å². The predicted molar refractivity (Wildman–Crippen MR) is 234 cm³/mol. The molecule has 0 spiro atoms. The third-order valence-corrected chi connectivity index (χ3v) is 34.5. The highest BCUT2D eigenvalue weighted by molar-refractivity contribution is 7.36. The molecule has 48 heavy (non-hydrogen) atoms. The molecule has 6 heterocycles. The monoisotopic (exact) mass is 780 g/mol. The van der Waals surface area contributed by atoms with Gasteiger partial charge in [-0.1, -0.05) is 95.2 Å². The summed E-state index contributed by atoms with van der Waals surface area (Å²) in [5, 5.41) is 0. The predicted octanol–water partition coefficient (Wildman–Crippen LogP) is 15.6. The van der Waals surface area contributed by atoms with E-state index < -0.39 is 16.1 Å². The molecule has 0 aromatic carbocycles. The van der Waals surface area contributed by atoms with Gasteiger partial charge in [-0.05, 0) is 90.8 Å². The number of hydrogen-bond donors (Lipinski definition) is 0. The lowest BCUT2D eigenvalue weighted by Gasteiger charge is -2.42. The third-order valence-electron chi connectivity index (χ3n) is 11.2. The molecule has 0 amide bonds. The Balaban J connectivity index is 1.22. The van der Waals surface area contributed by atoms with Gasteiger partial charge in [0.2, 0.25) is 0 Å². The highest BCUT2D eigenvalue weighted by Crippen LogP contribution is 2.49. The van der Waals surface area contributed by atoms with Crippen molar-refractivity contribution in [3.05, 3.63) is 60.7 Å². The first-order valence-corrected chi connectivity index (χ1v) is 27.0. The van der Waals surface area contributed by atoms with Crippen LogP contribution in [0.3, 0.4) is 0 Å². The SMILES string of the molecule is CC(C)[Si](c1ccc(-c2ccc(-c3cc4sc(-c5ccc(-c6ccc([Si](C(C)C)(C(C)C)C(C)C)s6)s5)cc4s3)s2)s1)(C(C)C)C(C)C. The van der Waals surface area contributed by atoms with Gasteiger partial charge < -0.3 is 0 Å². The summed E-state index contributed by atoms with van der Waals surface area (Å²) in [7, 11) is -3.25. The number of rotatable bonds is 12. The van der Waals surface area contributed by atoms with Gasteiger partial charge in [-0.3, -0.25) is 0 Å². The van der Waals surface area contributed by atoms with E-state index in [1.807, 2.05) is 45.3 Å². The summed E-state index contributed by atoms with van der Waals surface area (Å²) in [4.78, 5) is 11.3. The average Bonchev–Trinajstić information content (AvgIpc) is 3.81. The summed E-state index contributed by atoms with van der Waals surface area (Å²) in [5.41, 5.74) is 4.43. The van der Waals surface area contributed by atoms with Crippen molar-refractivity contribution in [2.45, 2.75) is 116 Å². The molecule has 0 aliphatic rings. The average molecular weight is 781 g/mol. The Morgan fingerprint density at radius 1 is 0.312 bits per heavy atom. The fourth-order valence-corrected chi connectivity index (χ4v) is 34.1. The molecule has 0 saturated carbocycles. The van der Waals surface area contributed by atoms with Crippen LogP contribution in [0.5, 0.6) is 0 Å². The Morgan fingerprint density at radius 3 is 0.854 bits per heavy atom. The zero-order valence-electron chi connectivity index (χ0n) is 30.7. The number of thiophene rings is 6. The summed E-state index contributed by atoms with van der Waals surface area (Å²) in [6.45, 7) is 29.6. The van der Waals surface area contributed by atoms with Crippen LogP contribution in [-0.2, 0) is 0 Å². The van der Waals surface area contributed by atoms with E-state index in [9.17, 15) is 0 Å². The van der Waals surface area contributed by atoms with Crippen LogP contribution < -0.4 is 9.00 Å². The Bertz CT molecular complexity index is 1770. The molecule has 6 aromatic rings. The maximum atomic E-state index is 2.49. The van der Waals surface area contributed by atoms with E-state index in [0.717, 1.165) is 33.2 Å². The lowest BCUT2D eigenvalue weighted by Crippen LogP contribution is -2.54. The molecule has 0 aliphatic heterocycles. The van der Waals surface area contributed by atoms with E-state index in [-0.39, 0.29) is 0 Å². The van der Waals surface area contributed by atoms with Gasteiger partial charge in [0.15, 0.2) is 0 Å². The van der Waals surface area contributed by atoms with E-state index >= 15 is 0 Å². The van der Waals surface area contributed by atoms with E-state index in [4.69, 9.17) is 0 Å². The molecule has 0 saturated heterocycles. The minimum absolute atomic E-state index is 0.738. The molecule has 0 aliphatic carbocycles. The molecule has 6 rings (SSSR count). The fourth-order valence-electron chi connectivity index (χ4n) is 9.40. The zero-order valence-corrected chi connectivity index (χ0v) is 37.6. The smallest absolute Gasteiger partial charge is 0.107 e. The van der Waals surface area contributed by atoms with E-state index in [2.05, 4.69) is 166 Å². The van der Waals surface area contributed by atoms with Crippen molar-refractivity contribution < 1.29 is 0 Å². The minimum Gasteiger partial charge on any atom is -0.144 e. The van der Waals surface area contributed by atoms with Crippen LogP contribution >= 0.6 is 68.0 Å². The van der Waals surface area contributed by atoms with Crippen molar-refractivity contribution in [1.29, 1.82) is 0 Å². The zero-order chi connectivity index (χ0) is 34.7. The Morgan fingerprint density at radius 2 is 0.562 bits per heavy atom. The van der Waals surface area contributed by atoms with Gasteiger partial charge in [0.25, 0.3) is 0 Å². The molecule has 0 radical (unpaired) electrons. The van der Waals surface area contributed by atoms with Crippen LogP contribution in [0.15, 0.2) is 60.7 Å². The highest BCUT2D eigenvalue weighted by Gasteiger charge is 2.46. The van der Waals surface area contributed by atoms with Crippen molar-refractivity contribution in [3.8, 4) is 39.0 Å². The maximum absolute atomic E-state index is 2.49. The number of hydrogen-bond acceptors (Lipinski definition) is 6. The van der Waals surface area contributed by atoms with Crippen LogP contribution in [0, 0.1) is 0 Å². The van der Waals surface area contributed by atoms with Gasteiger partial charge in [0.1, 0.15) is 16.1 Å². The van der Waals surface area contributed by atoms with Crippen molar-refractivity contribution in [2.24, 2.45) is 0 Å². The van der Waals surface area contributed by atoms with Gasteiger partial charge in [0.05, 0.1) is 0 Å². The molecule has 0 atom stereocenters. The fraction of sp³-hybridized carbons (Fsp3) is 0.450. The molecule has 0 bridgehead atoms. The first kappa shape index (κ1) is 36.7.